The summed E-state index contributed by atoms with van der Waals surface area (Å²) < 4.78 is 17.6. The van der Waals surface area contributed by atoms with E-state index in [1.807, 2.05) is 61.5 Å². The lowest BCUT2D eigenvalue weighted by Gasteiger charge is -2.17. The Balaban J connectivity index is 1.44. The van der Waals surface area contributed by atoms with Crippen LogP contribution in [0.5, 0.6) is 17.2 Å². The van der Waals surface area contributed by atoms with Gasteiger partial charge in [-0.05, 0) is 66.8 Å². The number of allylic oxidation sites excluding steroid dienone is 1. The SMILES string of the molecule is C=CCc1ccccc1OCCOc1ccc(C=C(C#N)C(=O)N2CCc3ccccc32)cc1OCC. The van der Waals surface area contributed by atoms with Crippen LogP contribution in [0.3, 0.4) is 0 Å². The Morgan fingerprint density at radius 2 is 1.76 bits per heavy atom. The second-order valence-electron chi connectivity index (χ2n) is 8.44. The van der Waals surface area contributed by atoms with Gasteiger partial charge in [-0.1, -0.05) is 48.5 Å². The topological polar surface area (TPSA) is 71.8 Å². The Morgan fingerprint density at radius 3 is 2.54 bits per heavy atom. The van der Waals surface area contributed by atoms with Gasteiger partial charge < -0.3 is 19.1 Å². The van der Waals surface area contributed by atoms with Gasteiger partial charge in [-0.25, -0.2) is 0 Å². The van der Waals surface area contributed by atoms with E-state index in [0.29, 0.717) is 43.4 Å². The number of nitrogens with zero attached hydrogens (tertiary/aromatic N) is 2. The maximum atomic E-state index is 13.1. The number of para-hydroxylation sites is 2. The zero-order valence-electron chi connectivity index (χ0n) is 21.0. The van der Waals surface area contributed by atoms with Crippen molar-refractivity contribution in [1.82, 2.24) is 0 Å². The average Bonchev–Trinajstić information content (AvgIpc) is 3.36. The minimum absolute atomic E-state index is 0.0689. The summed E-state index contributed by atoms with van der Waals surface area (Å²) in [5, 5.41) is 9.74. The van der Waals surface area contributed by atoms with Crippen LogP contribution >= 0.6 is 0 Å². The average molecular weight is 495 g/mol. The molecule has 6 heteroatoms. The third-order valence-electron chi connectivity index (χ3n) is 6.00. The normalized spacial score (nSPS) is 12.4. The first-order valence-corrected chi connectivity index (χ1v) is 12.4. The van der Waals surface area contributed by atoms with Crippen LogP contribution < -0.4 is 19.1 Å². The molecular formula is C31H30N2O4. The van der Waals surface area contributed by atoms with Crippen molar-refractivity contribution >= 4 is 17.7 Å². The number of benzene rings is 3. The molecule has 1 aliphatic heterocycles. The summed E-state index contributed by atoms with van der Waals surface area (Å²) in [6, 6.07) is 23.1. The zero-order chi connectivity index (χ0) is 26.0. The second-order valence-corrected chi connectivity index (χ2v) is 8.44. The number of fused-ring (bicyclic) bond motifs is 1. The van der Waals surface area contributed by atoms with Gasteiger partial charge in [0, 0.05) is 12.2 Å². The Hall–Kier alpha value is -4.50. The van der Waals surface area contributed by atoms with E-state index in [1.54, 1.807) is 29.2 Å². The standard InChI is InChI=1S/C31H30N2O4/c1-3-9-25-11-6-8-13-28(25)36-18-19-37-29-15-14-23(21-30(29)35-4-2)20-26(22-32)31(34)33-17-16-24-10-5-7-12-27(24)33/h3,5-8,10-15,20-21H,1,4,9,16-19H2,2H3. The Morgan fingerprint density at radius 1 is 1.00 bits per heavy atom. The lowest BCUT2D eigenvalue weighted by atomic mass is 10.1. The van der Waals surface area contributed by atoms with E-state index in [4.69, 9.17) is 14.2 Å². The van der Waals surface area contributed by atoms with E-state index in [0.717, 1.165) is 35.4 Å². The number of carbonyl (C=O) groups is 1. The van der Waals surface area contributed by atoms with Gasteiger partial charge in [-0.2, -0.15) is 5.26 Å². The van der Waals surface area contributed by atoms with Crippen LogP contribution in [0, 0.1) is 11.3 Å². The van der Waals surface area contributed by atoms with Gasteiger partial charge in [0.1, 0.15) is 30.6 Å². The van der Waals surface area contributed by atoms with Gasteiger partial charge in [0.05, 0.1) is 6.61 Å². The second kappa shape index (κ2) is 12.5. The van der Waals surface area contributed by atoms with Gasteiger partial charge in [-0.3, -0.25) is 4.79 Å². The fourth-order valence-electron chi connectivity index (χ4n) is 4.28. The fourth-order valence-corrected chi connectivity index (χ4v) is 4.28. The van der Waals surface area contributed by atoms with Crippen molar-refractivity contribution < 1.29 is 19.0 Å². The highest BCUT2D eigenvalue weighted by molar-refractivity contribution is 6.12. The first kappa shape index (κ1) is 25.6. The summed E-state index contributed by atoms with van der Waals surface area (Å²) in [5.41, 5.74) is 3.80. The van der Waals surface area contributed by atoms with E-state index < -0.39 is 0 Å². The van der Waals surface area contributed by atoms with Gasteiger partial charge in [0.15, 0.2) is 11.5 Å². The van der Waals surface area contributed by atoms with E-state index in [-0.39, 0.29) is 11.5 Å². The largest absolute Gasteiger partial charge is 0.490 e. The predicted octanol–water partition coefficient (Wildman–Crippen LogP) is 5.77. The first-order chi connectivity index (χ1) is 18.1. The summed E-state index contributed by atoms with van der Waals surface area (Å²) in [7, 11) is 0. The van der Waals surface area contributed by atoms with Crippen molar-refractivity contribution in [2.75, 3.05) is 31.3 Å². The van der Waals surface area contributed by atoms with E-state index in [9.17, 15) is 10.1 Å². The lowest BCUT2D eigenvalue weighted by Crippen LogP contribution is -2.29. The fraction of sp³-hybridized carbons (Fsp3) is 0.226. The van der Waals surface area contributed by atoms with E-state index >= 15 is 0 Å². The van der Waals surface area contributed by atoms with Crippen LogP contribution in [0.25, 0.3) is 6.08 Å². The van der Waals surface area contributed by atoms with Crippen molar-refractivity contribution in [1.29, 1.82) is 5.26 Å². The highest BCUT2D eigenvalue weighted by Gasteiger charge is 2.26. The number of ether oxygens (including phenoxy) is 3. The van der Waals surface area contributed by atoms with Crippen LogP contribution in [0.15, 0.2) is 85.0 Å². The molecule has 37 heavy (non-hydrogen) atoms. The molecule has 0 bridgehead atoms. The summed E-state index contributed by atoms with van der Waals surface area (Å²) >= 11 is 0. The molecule has 0 atom stereocenters. The van der Waals surface area contributed by atoms with Gasteiger partial charge in [-0.15, -0.1) is 6.58 Å². The molecule has 1 amide bonds. The molecule has 0 saturated carbocycles. The molecule has 0 N–H and O–H groups in total. The van der Waals surface area contributed by atoms with Crippen molar-refractivity contribution in [3.05, 3.63) is 102 Å². The smallest absolute Gasteiger partial charge is 0.268 e. The number of amides is 1. The maximum Gasteiger partial charge on any atom is 0.268 e. The molecule has 0 aromatic heterocycles. The molecule has 0 aliphatic carbocycles. The van der Waals surface area contributed by atoms with Crippen LogP contribution in [0.1, 0.15) is 23.6 Å². The summed E-state index contributed by atoms with van der Waals surface area (Å²) in [4.78, 5) is 14.8. The molecule has 4 rings (SSSR count). The van der Waals surface area contributed by atoms with E-state index in [2.05, 4.69) is 12.6 Å². The zero-order valence-corrected chi connectivity index (χ0v) is 21.0. The minimum Gasteiger partial charge on any atom is -0.490 e. The van der Waals surface area contributed by atoms with Crippen molar-refractivity contribution in [2.24, 2.45) is 0 Å². The molecule has 188 valence electrons. The molecule has 3 aromatic carbocycles. The molecule has 1 aliphatic rings. The summed E-state index contributed by atoms with van der Waals surface area (Å²) in [6.45, 7) is 7.39. The molecule has 0 spiro atoms. The third kappa shape index (κ3) is 6.20. The number of hydrogen-bond donors (Lipinski definition) is 0. The van der Waals surface area contributed by atoms with Gasteiger partial charge in [0.2, 0.25) is 0 Å². The number of anilines is 1. The molecule has 0 fully saturated rings. The van der Waals surface area contributed by atoms with E-state index in [1.165, 1.54) is 0 Å². The van der Waals surface area contributed by atoms with Crippen LogP contribution in [0.4, 0.5) is 5.69 Å². The number of nitriles is 1. The minimum atomic E-state index is -0.306. The van der Waals surface area contributed by atoms with Crippen molar-refractivity contribution in [3.8, 4) is 23.3 Å². The Labute approximate surface area is 218 Å². The highest BCUT2D eigenvalue weighted by Crippen LogP contribution is 2.31. The Kier molecular flexibility index (Phi) is 8.62. The molecule has 0 radical (unpaired) electrons. The maximum absolute atomic E-state index is 13.1. The molecular weight excluding hydrogens is 464 g/mol. The molecule has 0 saturated heterocycles. The number of hydrogen-bond acceptors (Lipinski definition) is 5. The van der Waals surface area contributed by atoms with Crippen LogP contribution in [-0.2, 0) is 17.6 Å². The van der Waals surface area contributed by atoms with Crippen molar-refractivity contribution in [2.45, 2.75) is 19.8 Å². The quantitative estimate of drug-likeness (QED) is 0.147. The van der Waals surface area contributed by atoms with Crippen molar-refractivity contribution in [3.63, 3.8) is 0 Å². The van der Waals surface area contributed by atoms with Crippen LogP contribution in [0.2, 0.25) is 0 Å². The first-order valence-electron chi connectivity index (χ1n) is 12.4. The van der Waals surface area contributed by atoms with Crippen LogP contribution in [-0.4, -0.2) is 32.3 Å². The number of rotatable bonds is 11. The van der Waals surface area contributed by atoms with Gasteiger partial charge in [0.25, 0.3) is 5.91 Å². The van der Waals surface area contributed by atoms with Gasteiger partial charge >= 0.3 is 0 Å². The lowest BCUT2D eigenvalue weighted by molar-refractivity contribution is -0.114. The molecule has 3 aromatic rings. The molecule has 6 nitrogen and oxygen atoms in total. The predicted molar refractivity (Wildman–Crippen MR) is 145 cm³/mol. The summed E-state index contributed by atoms with van der Waals surface area (Å²) in [5.74, 6) is 1.62. The number of carbonyl (C=O) groups excluding carboxylic acids is 1. The monoisotopic (exact) mass is 494 g/mol. The highest BCUT2D eigenvalue weighted by atomic mass is 16.5. The third-order valence-corrected chi connectivity index (χ3v) is 6.00. The molecule has 0 unspecified atom stereocenters. The molecule has 1 heterocycles. The Bertz CT molecular complexity index is 1340. The summed E-state index contributed by atoms with van der Waals surface area (Å²) in [6.07, 6.45) is 4.95.